The first kappa shape index (κ1) is 14.9. The highest BCUT2D eigenvalue weighted by atomic mass is 16.5. The molecule has 2 N–H and O–H groups in total. The monoisotopic (exact) mass is 266 g/mol. The van der Waals surface area contributed by atoms with Crippen LogP contribution in [0, 0.1) is 5.92 Å². The number of carbonyl (C=O) groups excluding carboxylic acids is 1. The van der Waals surface area contributed by atoms with Gasteiger partial charge in [-0.2, -0.15) is 0 Å². The molecule has 0 radical (unpaired) electrons. The first-order valence-electron chi connectivity index (χ1n) is 6.12. The standard InChI is InChI=1S/C13H18N2O4/c1-3-19-13-10(5-4-6-14-13)12(18)15-8-9(2)7-11(16)17/h4-6,9H,3,7-8H2,1-2H3,(H,15,18)(H,16,17). The van der Waals surface area contributed by atoms with Crippen molar-refractivity contribution in [3.8, 4) is 5.88 Å². The maximum Gasteiger partial charge on any atom is 0.303 e. The molecule has 0 bridgehead atoms. The van der Waals surface area contributed by atoms with Gasteiger partial charge in [-0.1, -0.05) is 6.92 Å². The molecule has 1 rings (SSSR count). The Labute approximate surface area is 111 Å². The average Bonchev–Trinajstić information content (AvgIpc) is 2.36. The summed E-state index contributed by atoms with van der Waals surface area (Å²) in [7, 11) is 0. The summed E-state index contributed by atoms with van der Waals surface area (Å²) in [6.07, 6.45) is 1.57. The predicted octanol–water partition coefficient (Wildman–Crippen LogP) is 1.32. The highest BCUT2D eigenvalue weighted by Crippen LogP contribution is 2.14. The fourth-order valence-corrected chi connectivity index (χ4v) is 1.55. The molecule has 0 aliphatic heterocycles. The third-order valence-electron chi connectivity index (χ3n) is 2.43. The number of hydrogen-bond donors (Lipinski definition) is 2. The number of carboxylic acids is 1. The molecule has 104 valence electrons. The largest absolute Gasteiger partial charge is 0.481 e. The van der Waals surface area contributed by atoms with Crippen LogP contribution in [0.2, 0.25) is 0 Å². The highest BCUT2D eigenvalue weighted by Gasteiger charge is 2.14. The number of amides is 1. The Bertz CT molecular complexity index is 448. The minimum atomic E-state index is -0.877. The minimum absolute atomic E-state index is 0.0195. The van der Waals surface area contributed by atoms with Gasteiger partial charge in [-0.05, 0) is 25.0 Å². The molecule has 6 nitrogen and oxygen atoms in total. The van der Waals surface area contributed by atoms with Crippen molar-refractivity contribution in [2.24, 2.45) is 5.92 Å². The number of nitrogens with zero attached hydrogens (tertiary/aromatic N) is 1. The SMILES string of the molecule is CCOc1ncccc1C(=O)NCC(C)CC(=O)O. The lowest BCUT2D eigenvalue weighted by Gasteiger charge is -2.12. The Morgan fingerprint density at radius 2 is 2.26 bits per heavy atom. The minimum Gasteiger partial charge on any atom is -0.481 e. The summed E-state index contributed by atoms with van der Waals surface area (Å²) in [5.41, 5.74) is 0.354. The van der Waals surface area contributed by atoms with E-state index in [1.54, 1.807) is 25.3 Å². The molecule has 0 saturated heterocycles. The number of aromatic nitrogens is 1. The first-order valence-corrected chi connectivity index (χ1v) is 6.12. The number of aliphatic carboxylic acids is 1. The lowest BCUT2D eigenvalue weighted by Crippen LogP contribution is -2.29. The van der Waals surface area contributed by atoms with Gasteiger partial charge in [0.2, 0.25) is 5.88 Å². The second-order valence-corrected chi connectivity index (χ2v) is 4.20. The van der Waals surface area contributed by atoms with Crippen LogP contribution in [-0.4, -0.2) is 35.1 Å². The molecule has 1 aromatic rings. The number of carbonyl (C=O) groups is 2. The maximum atomic E-state index is 12.0. The third-order valence-corrected chi connectivity index (χ3v) is 2.43. The van der Waals surface area contributed by atoms with E-state index in [2.05, 4.69) is 10.3 Å². The molecule has 6 heteroatoms. The van der Waals surface area contributed by atoms with E-state index in [1.165, 1.54) is 0 Å². The van der Waals surface area contributed by atoms with Gasteiger partial charge < -0.3 is 15.2 Å². The Morgan fingerprint density at radius 3 is 2.89 bits per heavy atom. The van der Waals surface area contributed by atoms with Crippen LogP contribution in [0.1, 0.15) is 30.6 Å². The van der Waals surface area contributed by atoms with Crippen molar-refractivity contribution >= 4 is 11.9 Å². The second kappa shape index (κ2) is 7.35. The van der Waals surface area contributed by atoms with Crippen LogP contribution >= 0.6 is 0 Å². The van der Waals surface area contributed by atoms with Crippen molar-refractivity contribution in [2.75, 3.05) is 13.2 Å². The summed E-state index contributed by atoms with van der Waals surface area (Å²) in [5, 5.41) is 11.3. The molecule has 0 spiro atoms. The number of ether oxygens (including phenoxy) is 1. The Hall–Kier alpha value is -2.11. The molecule has 19 heavy (non-hydrogen) atoms. The van der Waals surface area contributed by atoms with Crippen LogP contribution in [0.3, 0.4) is 0 Å². The molecule has 0 fully saturated rings. The van der Waals surface area contributed by atoms with Crippen molar-refractivity contribution in [1.82, 2.24) is 10.3 Å². The van der Waals surface area contributed by atoms with E-state index in [0.717, 1.165) is 0 Å². The van der Waals surface area contributed by atoms with Crippen LogP contribution < -0.4 is 10.1 Å². The van der Waals surface area contributed by atoms with Gasteiger partial charge in [0.15, 0.2) is 0 Å². The van der Waals surface area contributed by atoms with Gasteiger partial charge in [0, 0.05) is 19.2 Å². The van der Waals surface area contributed by atoms with Gasteiger partial charge >= 0.3 is 5.97 Å². The van der Waals surface area contributed by atoms with Gasteiger partial charge in [0.05, 0.1) is 6.61 Å². The van der Waals surface area contributed by atoms with Crippen LogP contribution in [0.4, 0.5) is 0 Å². The molecule has 1 aromatic heterocycles. The molecular weight excluding hydrogens is 248 g/mol. The molecule has 1 atom stereocenters. The van der Waals surface area contributed by atoms with Gasteiger partial charge in [0.25, 0.3) is 5.91 Å². The number of nitrogens with one attached hydrogen (secondary N) is 1. The molecule has 0 aromatic carbocycles. The summed E-state index contributed by atoms with van der Waals surface area (Å²) in [6.45, 7) is 4.30. The summed E-state index contributed by atoms with van der Waals surface area (Å²) in [5.74, 6) is -1.03. The van der Waals surface area contributed by atoms with E-state index in [9.17, 15) is 9.59 Å². The van der Waals surface area contributed by atoms with Crippen molar-refractivity contribution in [3.05, 3.63) is 23.9 Å². The molecule has 0 saturated carbocycles. The Morgan fingerprint density at radius 1 is 1.53 bits per heavy atom. The number of carboxylic acid groups (broad SMARTS) is 1. The zero-order valence-electron chi connectivity index (χ0n) is 11.0. The lowest BCUT2D eigenvalue weighted by atomic mass is 10.1. The van der Waals surface area contributed by atoms with Crippen LogP contribution in [0.25, 0.3) is 0 Å². The van der Waals surface area contributed by atoms with E-state index in [0.29, 0.717) is 18.7 Å². The summed E-state index contributed by atoms with van der Waals surface area (Å²) >= 11 is 0. The fraction of sp³-hybridized carbons (Fsp3) is 0.462. The number of rotatable bonds is 7. The fourth-order valence-electron chi connectivity index (χ4n) is 1.55. The van der Waals surface area contributed by atoms with Gasteiger partial charge in [-0.25, -0.2) is 4.98 Å². The first-order chi connectivity index (χ1) is 9.04. The summed E-state index contributed by atoms with van der Waals surface area (Å²) < 4.78 is 5.26. The molecule has 1 heterocycles. The van der Waals surface area contributed by atoms with Crippen LogP contribution in [0.5, 0.6) is 5.88 Å². The topological polar surface area (TPSA) is 88.5 Å². The third kappa shape index (κ3) is 4.95. The van der Waals surface area contributed by atoms with E-state index in [-0.39, 0.29) is 24.1 Å². The smallest absolute Gasteiger partial charge is 0.303 e. The average molecular weight is 266 g/mol. The Balaban J connectivity index is 2.60. The van der Waals surface area contributed by atoms with Crippen LogP contribution in [-0.2, 0) is 4.79 Å². The highest BCUT2D eigenvalue weighted by molar-refractivity contribution is 5.96. The molecule has 1 amide bonds. The molecular formula is C13H18N2O4. The second-order valence-electron chi connectivity index (χ2n) is 4.20. The molecule has 0 aliphatic carbocycles. The van der Waals surface area contributed by atoms with Crippen molar-refractivity contribution < 1.29 is 19.4 Å². The summed E-state index contributed by atoms with van der Waals surface area (Å²) in [6, 6.07) is 3.27. The van der Waals surface area contributed by atoms with Crippen molar-refractivity contribution in [3.63, 3.8) is 0 Å². The van der Waals surface area contributed by atoms with Gasteiger partial charge in [-0.3, -0.25) is 9.59 Å². The van der Waals surface area contributed by atoms with E-state index >= 15 is 0 Å². The van der Waals surface area contributed by atoms with Gasteiger partial charge in [-0.15, -0.1) is 0 Å². The zero-order valence-corrected chi connectivity index (χ0v) is 11.0. The van der Waals surface area contributed by atoms with Gasteiger partial charge in [0.1, 0.15) is 5.56 Å². The molecule has 1 unspecified atom stereocenters. The molecule has 0 aliphatic rings. The van der Waals surface area contributed by atoms with Crippen molar-refractivity contribution in [1.29, 1.82) is 0 Å². The zero-order chi connectivity index (χ0) is 14.3. The Kier molecular flexibility index (Phi) is 5.78. The van der Waals surface area contributed by atoms with E-state index < -0.39 is 5.97 Å². The van der Waals surface area contributed by atoms with Crippen LogP contribution in [0.15, 0.2) is 18.3 Å². The quantitative estimate of drug-likeness (QED) is 0.777. The lowest BCUT2D eigenvalue weighted by molar-refractivity contribution is -0.137. The normalized spacial score (nSPS) is 11.7. The number of hydrogen-bond acceptors (Lipinski definition) is 4. The number of pyridine rings is 1. The maximum absolute atomic E-state index is 12.0. The van der Waals surface area contributed by atoms with E-state index in [1.807, 2.05) is 6.92 Å². The predicted molar refractivity (Wildman–Crippen MR) is 69.2 cm³/mol. The van der Waals surface area contributed by atoms with Crippen molar-refractivity contribution in [2.45, 2.75) is 20.3 Å². The summed E-state index contributed by atoms with van der Waals surface area (Å²) in [4.78, 5) is 26.5. The van der Waals surface area contributed by atoms with E-state index in [4.69, 9.17) is 9.84 Å².